The first-order valence-corrected chi connectivity index (χ1v) is 8.75. The zero-order chi connectivity index (χ0) is 17.3. The molecule has 0 aliphatic carbocycles. The molecule has 1 aromatic heterocycles. The van der Waals surface area contributed by atoms with E-state index in [1.54, 1.807) is 12.1 Å². The van der Waals surface area contributed by atoms with Crippen LogP contribution in [0.5, 0.6) is 5.75 Å². The number of fused-ring (bicyclic) bond motifs is 1. The number of benzene rings is 1. The monoisotopic (exact) mass is 375 g/mol. The Balaban J connectivity index is 1.86. The Morgan fingerprint density at radius 1 is 1.50 bits per heavy atom. The smallest absolute Gasteiger partial charge is 0.387 e. The molecular weight excluding hydrogens is 360 g/mol. The fourth-order valence-electron chi connectivity index (χ4n) is 2.78. The van der Waals surface area contributed by atoms with Crippen LogP contribution in [0, 0.1) is 0 Å². The van der Waals surface area contributed by atoms with E-state index in [4.69, 9.17) is 16.3 Å². The van der Waals surface area contributed by atoms with Crippen molar-refractivity contribution in [1.82, 2.24) is 5.32 Å². The number of hydrogen-bond acceptors (Lipinski definition) is 4. The summed E-state index contributed by atoms with van der Waals surface area (Å²) in [7, 11) is 0. The summed E-state index contributed by atoms with van der Waals surface area (Å²) in [5, 5.41) is 3.33. The minimum absolute atomic E-state index is 0.0140. The Kier molecular flexibility index (Phi) is 5.22. The van der Waals surface area contributed by atoms with Crippen molar-refractivity contribution in [2.45, 2.75) is 38.5 Å². The predicted molar refractivity (Wildman–Crippen MR) is 89.4 cm³/mol. The van der Waals surface area contributed by atoms with Gasteiger partial charge in [0.05, 0.1) is 22.6 Å². The molecular formula is C16H16ClF2NO3S. The van der Waals surface area contributed by atoms with Crippen molar-refractivity contribution in [3.8, 4) is 5.75 Å². The molecule has 0 bridgehead atoms. The van der Waals surface area contributed by atoms with Crippen molar-refractivity contribution < 1.29 is 23.0 Å². The van der Waals surface area contributed by atoms with Crippen LogP contribution in [0.1, 0.15) is 29.4 Å². The third kappa shape index (κ3) is 3.48. The highest BCUT2D eigenvalue weighted by Gasteiger charge is 2.26. The molecule has 130 valence electrons. The molecule has 1 N–H and O–H groups in total. The van der Waals surface area contributed by atoms with Crippen LogP contribution in [0.2, 0.25) is 5.02 Å². The van der Waals surface area contributed by atoms with E-state index in [0.717, 1.165) is 24.2 Å². The van der Waals surface area contributed by atoms with Gasteiger partial charge in [-0.25, -0.2) is 0 Å². The predicted octanol–water partition coefficient (Wildman–Crippen LogP) is 4.45. The number of ether oxygens (including phenoxy) is 2. The van der Waals surface area contributed by atoms with E-state index in [9.17, 15) is 13.6 Å². The van der Waals surface area contributed by atoms with E-state index in [1.807, 2.05) is 6.92 Å². The van der Waals surface area contributed by atoms with Crippen LogP contribution < -0.4 is 10.1 Å². The summed E-state index contributed by atoms with van der Waals surface area (Å²) in [6.07, 6.45) is 1.86. The van der Waals surface area contributed by atoms with Gasteiger partial charge in [0, 0.05) is 11.3 Å². The second-order valence-electron chi connectivity index (χ2n) is 5.57. The Hall–Kier alpha value is -1.44. The first-order valence-electron chi connectivity index (χ1n) is 7.55. The molecule has 2 atom stereocenters. The van der Waals surface area contributed by atoms with Crippen LogP contribution in [0.4, 0.5) is 8.78 Å². The molecule has 0 spiro atoms. The number of thiophene rings is 1. The lowest BCUT2D eigenvalue weighted by Gasteiger charge is -2.19. The van der Waals surface area contributed by atoms with Gasteiger partial charge in [0.25, 0.3) is 5.91 Å². The van der Waals surface area contributed by atoms with Gasteiger partial charge >= 0.3 is 6.61 Å². The van der Waals surface area contributed by atoms with Crippen molar-refractivity contribution in [1.29, 1.82) is 0 Å². The standard InChI is InChI=1S/C16H16ClF2NO3S/c1-8(9-5-3-7-22-9)20-15(21)14-13(17)12-10(23-16(18)19)4-2-6-11(12)24-14/h2,4,6,8-9,16H,3,5,7H2,1H3,(H,20,21)/t8-,9+/m0/s1. The van der Waals surface area contributed by atoms with Crippen LogP contribution in [-0.4, -0.2) is 31.3 Å². The molecule has 1 saturated heterocycles. The molecule has 3 rings (SSSR count). The molecule has 1 aromatic carbocycles. The Morgan fingerprint density at radius 2 is 2.29 bits per heavy atom. The fraction of sp³-hybridized carbons (Fsp3) is 0.438. The third-order valence-electron chi connectivity index (χ3n) is 3.92. The molecule has 0 unspecified atom stereocenters. The topological polar surface area (TPSA) is 47.6 Å². The third-order valence-corrected chi connectivity index (χ3v) is 5.57. The summed E-state index contributed by atoms with van der Waals surface area (Å²) in [4.78, 5) is 12.8. The van der Waals surface area contributed by atoms with Crippen LogP contribution in [0.25, 0.3) is 10.1 Å². The number of alkyl halides is 2. The van der Waals surface area contributed by atoms with Crippen molar-refractivity contribution in [2.75, 3.05) is 6.61 Å². The zero-order valence-electron chi connectivity index (χ0n) is 12.9. The molecule has 2 aromatic rings. The normalized spacial score (nSPS) is 19.0. The first-order chi connectivity index (χ1) is 11.5. The van der Waals surface area contributed by atoms with E-state index in [-0.39, 0.29) is 33.7 Å². The number of amides is 1. The average molecular weight is 376 g/mol. The van der Waals surface area contributed by atoms with Gasteiger partial charge in [-0.1, -0.05) is 17.7 Å². The molecule has 1 aliphatic rings. The maximum Gasteiger partial charge on any atom is 0.387 e. The van der Waals surface area contributed by atoms with E-state index >= 15 is 0 Å². The van der Waals surface area contributed by atoms with Crippen molar-refractivity contribution in [3.63, 3.8) is 0 Å². The van der Waals surface area contributed by atoms with Gasteiger partial charge in [0.15, 0.2) is 0 Å². The summed E-state index contributed by atoms with van der Waals surface area (Å²) in [6, 6.07) is 4.55. The lowest BCUT2D eigenvalue weighted by Crippen LogP contribution is -2.40. The maximum atomic E-state index is 12.5. The van der Waals surface area contributed by atoms with Crippen LogP contribution in [0.15, 0.2) is 18.2 Å². The highest BCUT2D eigenvalue weighted by molar-refractivity contribution is 7.21. The molecule has 1 fully saturated rings. The van der Waals surface area contributed by atoms with Gasteiger partial charge < -0.3 is 14.8 Å². The quantitative estimate of drug-likeness (QED) is 0.839. The van der Waals surface area contributed by atoms with E-state index in [1.165, 1.54) is 6.07 Å². The molecule has 24 heavy (non-hydrogen) atoms. The molecule has 4 nitrogen and oxygen atoms in total. The second-order valence-corrected chi connectivity index (χ2v) is 7.00. The fourth-order valence-corrected chi connectivity index (χ4v) is 4.25. The van der Waals surface area contributed by atoms with Gasteiger partial charge in [-0.3, -0.25) is 4.79 Å². The highest BCUT2D eigenvalue weighted by atomic mass is 35.5. The maximum absolute atomic E-state index is 12.5. The van der Waals surface area contributed by atoms with E-state index in [2.05, 4.69) is 10.1 Å². The number of carbonyl (C=O) groups is 1. The number of rotatable bonds is 5. The van der Waals surface area contributed by atoms with Gasteiger partial charge in [-0.15, -0.1) is 11.3 Å². The van der Waals surface area contributed by atoms with Crippen LogP contribution >= 0.6 is 22.9 Å². The number of nitrogens with one attached hydrogen (secondary N) is 1. The van der Waals surface area contributed by atoms with Gasteiger partial charge in [0.1, 0.15) is 10.6 Å². The lowest BCUT2D eigenvalue weighted by atomic mass is 10.1. The number of halogens is 3. The molecule has 1 aliphatic heterocycles. The van der Waals surface area contributed by atoms with Gasteiger partial charge in [-0.05, 0) is 31.9 Å². The molecule has 2 heterocycles. The van der Waals surface area contributed by atoms with Crippen molar-refractivity contribution >= 4 is 38.9 Å². The van der Waals surface area contributed by atoms with Crippen LogP contribution in [0.3, 0.4) is 0 Å². The zero-order valence-corrected chi connectivity index (χ0v) is 14.4. The van der Waals surface area contributed by atoms with Gasteiger partial charge in [0.2, 0.25) is 0 Å². The SMILES string of the molecule is C[C@H](NC(=O)c1sc2cccc(OC(F)F)c2c1Cl)[C@H]1CCCO1. The molecule has 0 saturated carbocycles. The Morgan fingerprint density at radius 3 is 2.96 bits per heavy atom. The summed E-state index contributed by atoms with van der Waals surface area (Å²) < 4.78 is 35.7. The molecule has 1 amide bonds. The molecule has 0 radical (unpaired) electrons. The summed E-state index contributed by atoms with van der Waals surface area (Å²) in [6.45, 7) is -0.382. The average Bonchev–Trinajstić information content (AvgIpc) is 3.15. The highest BCUT2D eigenvalue weighted by Crippen LogP contribution is 2.41. The summed E-state index contributed by atoms with van der Waals surface area (Å²) >= 11 is 7.43. The van der Waals surface area contributed by atoms with E-state index in [0.29, 0.717) is 16.7 Å². The minimum Gasteiger partial charge on any atom is -0.434 e. The minimum atomic E-state index is -2.96. The Bertz CT molecular complexity index is 746. The Labute approximate surface area is 146 Å². The first kappa shape index (κ1) is 17.4. The van der Waals surface area contributed by atoms with Crippen molar-refractivity contribution in [3.05, 3.63) is 28.1 Å². The van der Waals surface area contributed by atoms with E-state index < -0.39 is 6.61 Å². The number of carbonyl (C=O) groups excluding carboxylic acids is 1. The van der Waals surface area contributed by atoms with Gasteiger partial charge in [-0.2, -0.15) is 8.78 Å². The largest absolute Gasteiger partial charge is 0.434 e. The van der Waals surface area contributed by atoms with Crippen LogP contribution in [-0.2, 0) is 4.74 Å². The summed E-state index contributed by atoms with van der Waals surface area (Å²) in [5.41, 5.74) is 0. The number of hydrogen-bond donors (Lipinski definition) is 1. The van der Waals surface area contributed by atoms with Crippen molar-refractivity contribution in [2.24, 2.45) is 0 Å². The second kappa shape index (κ2) is 7.21. The molecule has 8 heteroatoms. The summed E-state index contributed by atoms with van der Waals surface area (Å²) in [5.74, 6) is -0.373. The lowest BCUT2D eigenvalue weighted by molar-refractivity contribution is -0.0487.